The maximum atomic E-state index is 5.01. The van der Waals surface area contributed by atoms with Crippen molar-refractivity contribution in [2.75, 3.05) is 26.2 Å². The van der Waals surface area contributed by atoms with E-state index in [0.29, 0.717) is 5.92 Å². The lowest BCUT2D eigenvalue weighted by Crippen LogP contribution is -2.48. The molecule has 3 aliphatic rings. The molecule has 3 rings (SSSR count). The smallest absolute Gasteiger partial charge is 0.121 e. The van der Waals surface area contributed by atoms with Gasteiger partial charge in [0.2, 0.25) is 0 Å². The van der Waals surface area contributed by atoms with Crippen LogP contribution in [0.1, 0.15) is 12.8 Å². The summed E-state index contributed by atoms with van der Waals surface area (Å²) in [6.07, 6.45) is 2.70. The Morgan fingerprint density at radius 1 is 1.42 bits per heavy atom. The van der Waals surface area contributed by atoms with Crippen molar-refractivity contribution < 1.29 is 4.84 Å². The second-order valence-electron chi connectivity index (χ2n) is 3.82. The van der Waals surface area contributed by atoms with Gasteiger partial charge in [-0.3, -0.25) is 0 Å². The summed E-state index contributed by atoms with van der Waals surface area (Å²) in [7, 11) is 0. The number of rotatable bonds is 3. The Hall–Kier alpha value is -0.570. The van der Waals surface area contributed by atoms with Crippen LogP contribution in [0.25, 0.3) is 0 Å². The maximum Gasteiger partial charge on any atom is 0.121 e. The molecular formula is C9H16N2O. The third kappa shape index (κ3) is 1.46. The van der Waals surface area contributed by atoms with Crippen LogP contribution in [0.15, 0.2) is 5.16 Å². The van der Waals surface area contributed by atoms with E-state index >= 15 is 0 Å². The molecule has 0 spiro atoms. The highest BCUT2D eigenvalue weighted by Gasteiger charge is 2.34. The van der Waals surface area contributed by atoms with E-state index in [1.54, 1.807) is 0 Å². The van der Waals surface area contributed by atoms with E-state index < -0.39 is 0 Å². The minimum absolute atomic E-state index is 0.706. The van der Waals surface area contributed by atoms with Gasteiger partial charge < -0.3 is 9.74 Å². The van der Waals surface area contributed by atoms with Gasteiger partial charge in [-0.1, -0.05) is 0 Å². The Kier molecular flexibility index (Phi) is 2.30. The van der Waals surface area contributed by atoms with Crippen LogP contribution in [0.4, 0.5) is 0 Å². The van der Waals surface area contributed by atoms with Gasteiger partial charge in [-0.15, -0.1) is 5.16 Å². The van der Waals surface area contributed by atoms with Crippen LogP contribution in [-0.4, -0.2) is 37.9 Å². The topological polar surface area (TPSA) is 24.8 Å². The van der Waals surface area contributed by atoms with Gasteiger partial charge in [0.15, 0.2) is 0 Å². The number of piperidine rings is 3. The average Bonchev–Trinajstić information content (AvgIpc) is 2.17. The van der Waals surface area contributed by atoms with Gasteiger partial charge in [0, 0.05) is 19.2 Å². The summed E-state index contributed by atoms with van der Waals surface area (Å²) in [6, 6.07) is 0. The number of hydrogen-bond acceptors (Lipinski definition) is 3. The molecule has 3 heteroatoms. The maximum absolute atomic E-state index is 5.01. The Bertz CT molecular complexity index is 164. The molecule has 2 bridgehead atoms. The molecule has 0 aromatic heterocycles. The Morgan fingerprint density at radius 3 is 2.67 bits per heavy atom. The van der Waals surface area contributed by atoms with Gasteiger partial charge in [0.25, 0.3) is 0 Å². The summed E-state index contributed by atoms with van der Waals surface area (Å²) in [5.74, 6) is 1.59. The first-order valence-electron chi connectivity index (χ1n) is 4.70. The molecule has 3 saturated heterocycles. The molecule has 3 aliphatic heterocycles. The van der Waals surface area contributed by atoms with Crippen molar-refractivity contribution in [1.82, 2.24) is 4.90 Å². The van der Waals surface area contributed by atoms with Crippen LogP contribution < -0.4 is 0 Å². The molecule has 0 N–H and O–H groups in total. The Labute approximate surface area is 73.4 Å². The van der Waals surface area contributed by atoms with E-state index in [1.165, 1.54) is 32.5 Å². The Balaban J connectivity index is 1.86. The molecule has 0 saturated carbocycles. The normalized spacial score (nSPS) is 39.5. The molecule has 0 amide bonds. The third-order valence-electron chi connectivity index (χ3n) is 3.17. The average molecular weight is 168 g/mol. The zero-order valence-corrected chi connectivity index (χ0v) is 7.41. The first kappa shape index (κ1) is 8.05. The number of oxime groups is 1. The standard InChI is InChI=1S/C9H16N2O/c1-10-12-7-9-6-11-4-2-8(9)3-5-11/h8-9H,1-7H2. The fraction of sp³-hybridized carbons (Fsp3) is 0.889. The van der Waals surface area contributed by atoms with Crippen LogP contribution in [0.2, 0.25) is 0 Å². The van der Waals surface area contributed by atoms with Crippen LogP contribution >= 0.6 is 0 Å². The third-order valence-corrected chi connectivity index (χ3v) is 3.17. The van der Waals surface area contributed by atoms with Crippen molar-refractivity contribution in [3.05, 3.63) is 0 Å². The monoisotopic (exact) mass is 168 g/mol. The van der Waals surface area contributed by atoms with E-state index in [2.05, 4.69) is 16.8 Å². The molecule has 0 aliphatic carbocycles. The number of nitrogens with zero attached hydrogens (tertiary/aromatic N) is 2. The van der Waals surface area contributed by atoms with E-state index in [9.17, 15) is 0 Å². The summed E-state index contributed by atoms with van der Waals surface area (Å²) >= 11 is 0. The van der Waals surface area contributed by atoms with Crippen molar-refractivity contribution in [2.45, 2.75) is 12.8 Å². The van der Waals surface area contributed by atoms with Crippen LogP contribution in [0, 0.1) is 11.8 Å². The lowest BCUT2D eigenvalue weighted by molar-refractivity contribution is -0.00505. The van der Waals surface area contributed by atoms with Gasteiger partial charge in [-0.2, -0.15) is 0 Å². The predicted octanol–water partition coefficient (Wildman–Crippen LogP) is 0.960. The molecule has 1 atom stereocenters. The van der Waals surface area contributed by atoms with E-state index in [4.69, 9.17) is 4.84 Å². The minimum Gasteiger partial charge on any atom is -0.396 e. The summed E-state index contributed by atoms with van der Waals surface area (Å²) in [4.78, 5) is 7.54. The zero-order valence-electron chi connectivity index (χ0n) is 7.41. The van der Waals surface area contributed by atoms with Crippen LogP contribution in [0.3, 0.4) is 0 Å². The molecule has 0 aromatic rings. The fourth-order valence-corrected chi connectivity index (χ4v) is 2.42. The summed E-state index contributed by atoms with van der Waals surface area (Å²) in [5, 5.41) is 3.44. The van der Waals surface area contributed by atoms with E-state index in [1.807, 2.05) is 0 Å². The van der Waals surface area contributed by atoms with Crippen LogP contribution in [0.5, 0.6) is 0 Å². The molecule has 68 valence electrons. The quantitative estimate of drug-likeness (QED) is 0.463. The van der Waals surface area contributed by atoms with Crippen molar-refractivity contribution in [3.8, 4) is 0 Å². The fourth-order valence-electron chi connectivity index (χ4n) is 2.42. The molecule has 3 fully saturated rings. The lowest BCUT2D eigenvalue weighted by atomic mass is 9.80. The summed E-state index contributed by atoms with van der Waals surface area (Å²) in [5.41, 5.74) is 0. The Morgan fingerprint density at radius 2 is 2.17 bits per heavy atom. The first-order valence-corrected chi connectivity index (χ1v) is 4.70. The predicted molar refractivity (Wildman–Crippen MR) is 48.2 cm³/mol. The summed E-state index contributed by atoms with van der Waals surface area (Å²) in [6.45, 7) is 7.89. The SMILES string of the molecule is C=NOCC1CN2CCC1CC2. The van der Waals surface area contributed by atoms with E-state index in [0.717, 1.165) is 12.5 Å². The van der Waals surface area contributed by atoms with Crippen molar-refractivity contribution in [2.24, 2.45) is 17.0 Å². The van der Waals surface area contributed by atoms with Gasteiger partial charge in [-0.05, 0) is 31.8 Å². The highest BCUT2D eigenvalue weighted by atomic mass is 16.6. The second-order valence-corrected chi connectivity index (χ2v) is 3.82. The second kappa shape index (κ2) is 3.44. The first-order chi connectivity index (χ1) is 5.90. The lowest BCUT2D eigenvalue weighted by Gasteiger charge is -2.44. The zero-order chi connectivity index (χ0) is 8.39. The molecule has 0 aromatic carbocycles. The molecular weight excluding hydrogens is 152 g/mol. The number of hydrogen-bond donors (Lipinski definition) is 0. The highest BCUT2D eigenvalue weighted by molar-refractivity contribution is 5.21. The molecule has 3 heterocycles. The molecule has 0 radical (unpaired) electrons. The highest BCUT2D eigenvalue weighted by Crippen LogP contribution is 2.32. The van der Waals surface area contributed by atoms with Gasteiger partial charge in [0.1, 0.15) is 6.61 Å². The molecule has 12 heavy (non-hydrogen) atoms. The van der Waals surface area contributed by atoms with Crippen molar-refractivity contribution >= 4 is 6.72 Å². The van der Waals surface area contributed by atoms with Gasteiger partial charge in [-0.25, -0.2) is 0 Å². The minimum atomic E-state index is 0.706. The van der Waals surface area contributed by atoms with E-state index in [-0.39, 0.29) is 0 Å². The van der Waals surface area contributed by atoms with Gasteiger partial charge in [0.05, 0.1) is 0 Å². The van der Waals surface area contributed by atoms with Crippen LogP contribution in [-0.2, 0) is 4.84 Å². The number of fused-ring (bicyclic) bond motifs is 3. The van der Waals surface area contributed by atoms with Gasteiger partial charge >= 0.3 is 0 Å². The summed E-state index contributed by atoms with van der Waals surface area (Å²) < 4.78 is 0. The van der Waals surface area contributed by atoms with Crippen molar-refractivity contribution in [1.29, 1.82) is 0 Å². The molecule has 3 nitrogen and oxygen atoms in total. The largest absolute Gasteiger partial charge is 0.396 e. The molecule has 1 unspecified atom stereocenters. The van der Waals surface area contributed by atoms with Crippen molar-refractivity contribution in [3.63, 3.8) is 0 Å².